The number of hydrogen-bond donors (Lipinski definition) is 0. The maximum absolute atomic E-state index is 12.8. The van der Waals surface area contributed by atoms with Gasteiger partial charge < -0.3 is 4.90 Å². The lowest BCUT2D eigenvalue weighted by Gasteiger charge is -2.33. The van der Waals surface area contributed by atoms with Crippen molar-refractivity contribution in [2.75, 3.05) is 18.0 Å². The smallest absolute Gasteiger partial charge is 0.329 e. The van der Waals surface area contributed by atoms with Crippen LogP contribution in [0.15, 0.2) is 41.2 Å². The first kappa shape index (κ1) is 22.5. The maximum atomic E-state index is 12.8. The van der Waals surface area contributed by atoms with Crippen molar-refractivity contribution in [1.82, 2.24) is 9.13 Å². The van der Waals surface area contributed by atoms with Gasteiger partial charge >= 0.3 is 17.1 Å². The fourth-order valence-corrected chi connectivity index (χ4v) is 4.97. The highest BCUT2D eigenvalue weighted by molar-refractivity contribution is 5.98. The van der Waals surface area contributed by atoms with Gasteiger partial charge in [-0.15, -0.1) is 0 Å². The van der Waals surface area contributed by atoms with Crippen LogP contribution in [0.3, 0.4) is 0 Å². The van der Waals surface area contributed by atoms with Gasteiger partial charge in [-0.1, -0.05) is 30.3 Å². The number of fused-ring (bicyclic) bond motifs is 1. The van der Waals surface area contributed by atoms with E-state index in [2.05, 4.69) is 12.1 Å². The van der Waals surface area contributed by atoms with E-state index in [9.17, 15) is 25.0 Å². The van der Waals surface area contributed by atoms with Gasteiger partial charge in [0.15, 0.2) is 11.2 Å². The van der Waals surface area contributed by atoms with E-state index in [0.29, 0.717) is 19.0 Å². The van der Waals surface area contributed by atoms with E-state index in [1.54, 1.807) is 18.7 Å². The lowest BCUT2D eigenvalue weighted by molar-refractivity contribution is -0.391. The van der Waals surface area contributed by atoms with Crippen LogP contribution in [0.4, 0.5) is 17.1 Å². The van der Waals surface area contributed by atoms with E-state index in [1.165, 1.54) is 20.8 Å². The summed E-state index contributed by atoms with van der Waals surface area (Å²) < 4.78 is 2.70. The summed E-state index contributed by atoms with van der Waals surface area (Å²) in [5, 5.41) is 24.3. The Morgan fingerprint density at radius 2 is 1.61 bits per heavy atom. The molecule has 3 aromatic rings. The first-order chi connectivity index (χ1) is 15.9. The second-order valence-corrected chi connectivity index (χ2v) is 8.37. The number of nitro groups is 2. The summed E-state index contributed by atoms with van der Waals surface area (Å²) in [5.41, 5.74) is 0.546. The van der Waals surface area contributed by atoms with Gasteiger partial charge in [-0.2, -0.15) is 0 Å². The maximum Gasteiger partial charge on any atom is 0.329 e. The number of nitro benzene ring substituents is 2. The van der Waals surface area contributed by atoms with Gasteiger partial charge in [-0.25, -0.2) is 4.79 Å². The molecule has 2 heterocycles. The van der Waals surface area contributed by atoms with E-state index in [4.69, 9.17) is 0 Å². The van der Waals surface area contributed by atoms with Crippen molar-refractivity contribution in [2.24, 2.45) is 5.92 Å². The number of imidazole rings is 1. The summed E-state index contributed by atoms with van der Waals surface area (Å²) in [6, 6.07) is 11.5. The largest absolute Gasteiger partial charge is 0.360 e. The molecule has 1 aliphatic rings. The predicted octanol–water partition coefficient (Wildman–Crippen LogP) is 4.12. The van der Waals surface area contributed by atoms with Crippen LogP contribution < -0.4 is 10.6 Å². The zero-order valence-electron chi connectivity index (χ0n) is 18.8. The molecule has 1 aliphatic heterocycles. The summed E-state index contributed by atoms with van der Waals surface area (Å²) in [4.78, 5) is 37.7. The molecule has 1 aromatic heterocycles. The van der Waals surface area contributed by atoms with Crippen LogP contribution in [-0.2, 0) is 19.5 Å². The molecular weight excluding hydrogens is 426 g/mol. The van der Waals surface area contributed by atoms with Crippen LogP contribution in [0.25, 0.3) is 11.0 Å². The monoisotopic (exact) mass is 453 g/mol. The molecule has 0 N–H and O–H groups in total. The molecule has 0 spiro atoms. The van der Waals surface area contributed by atoms with Crippen LogP contribution in [0.5, 0.6) is 0 Å². The minimum atomic E-state index is -0.578. The van der Waals surface area contributed by atoms with Crippen LogP contribution in [0, 0.1) is 26.1 Å². The van der Waals surface area contributed by atoms with Gasteiger partial charge in [0.25, 0.3) is 0 Å². The highest BCUT2D eigenvalue weighted by atomic mass is 16.6. The molecule has 1 fully saturated rings. The third-order valence-electron chi connectivity index (χ3n) is 6.54. The van der Waals surface area contributed by atoms with Gasteiger partial charge in [0.1, 0.15) is 0 Å². The molecule has 2 aromatic carbocycles. The summed E-state index contributed by atoms with van der Waals surface area (Å²) in [6.07, 6.45) is 2.46. The van der Waals surface area contributed by atoms with E-state index in [-0.39, 0.29) is 41.2 Å². The third kappa shape index (κ3) is 3.96. The zero-order chi connectivity index (χ0) is 23.7. The number of hydrogen-bond acceptors (Lipinski definition) is 6. The summed E-state index contributed by atoms with van der Waals surface area (Å²) in [6.45, 7) is 4.94. The second kappa shape index (κ2) is 9.05. The average Bonchev–Trinajstić information content (AvgIpc) is 3.08. The number of anilines is 1. The lowest BCUT2D eigenvalue weighted by Crippen LogP contribution is -2.35. The Bertz CT molecular complexity index is 1260. The van der Waals surface area contributed by atoms with Gasteiger partial charge in [-0.05, 0) is 44.6 Å². The van der Waals surface area contributed by atoms with Crippen molar-refractivity contribution in [3.63, 3.8) is 0 Å². The number of aryl methyl sites for hydroxylation is 2. The number of nitrogens with zero attached hydrogens (tertiary/aromatic N) is 5. The quantitative estimate of drug-likeness (QED) is 0.392. The van der Waals surface area contributed by atoms with Crippen molar-refractivity contribution in [3.8, 4) is 0 Å². The van der Waals surface area contributed by atoms with Crippen molar-refractivity contribution < 1.29 is 9.85 Å². The van der Waals surface area contributed by atoms with Gasteiger partial charge in [0, 0.05) is 32.2 Å². The van der Waals surface area contributed by atoms with Crippen LogP contribution in [0.2, 0.25) is 0 Å². The number of piperidine rings is 1. The van der Waals surface area contributed by atoms with Crippen molar-refractivity contribution in [2.45, 2.75) is 46.2 Å². The standard InChI is InChI=1S/C23H27N5O5/c1-3-25-18-15-19(27(30)31)20(22(28(32)33)21(18)26(4-2)23(25)29)24-12-10-17(11-13-24)14-16-8-6-5-7-9-16/h5-9,15,17H,3-4,10-14H2,1-2H3. The highest BCUT2D eigenvalue weighted by Crippen LogP contribution is 2.44. The number of benzene rings is 2. The highest BCUT2D eigenvalue weighted by Gasteiger charge is 2.37. The van der Waals surface area contributed by atoms with E-state index >= 15 is 0 Å². The fourth-order valence-electron chi connectivity index (χ4n) is 4.97. The van der Waals surface area contributed by atoms with Crippen LogP contribution in [-0.4, -0.2) is 32.1 Å². The van der Waals surface area contributed by atoms with Gasteiger partial charge in [0.2, 0.25) is 0 Å². The Hall–Kier alpha value is -3.69. The van der Waals surface area contributed by atoms with Crippen molar-refractivity contribution in [1.29, 1.82) is 0 Å². The predicted molar refractivity (Wildman–Crippen MR) is 126 cm³/mol. The van der Waals surface area contributed by atoms with Crippen LogP contribution >= 0.6 is 0 Å². The topological polar surface area (TPSA) is 116 Å². The normalized spacial score (nSPS) is 14.7. The van der Waals surface area contributed by atoms with Crippen molar-refractivity contribution in [3.05, 3.63) is 72.7 Å². The van der Waals surface area contributed by atoms with E-state index in [1.807, 2.05) is 18.2 Å². The Morgan fingerprint density at radius 1 is 0.970 bits per heavy atom. The minimum absolute atomic E-state index is 0.00566. The Labute approximate surface area is 190 Å². The lowest BCUT2D eigenvalue weighted by atomic mass is 9.90. The molecule has 0 bridgehead atoms. The molecule has 0 amide bonds. The van der Waals surface area contributed by atoms with Gasteiger partial charge in [-0.3, -0.25) is 29.4 Å². The minimum Gasteiger partial charge on any atom is -0.360 e. The summed E-state index contributed by atoms with van der Waals surface area (Å²) in [5.74, 6) is 0.403. The third-order valence-corrected chi connectivity index (χ3v) is 6.54. The van der Waals surface area contributed by atoms with Crippen LogP contribution in [0.1, 0.15) is 32.3 Å². The molecule has 10 heteroatoms. The molecular formula is C23H27N5O5. The molecule has 4 rings (SSSR count). The SMILES string of the molecule is CCn1c(=O)n(CC)c2c([N+](=O)[O-])c(N3CCC(Cc4ccccc4)CC3)c([N+](=O)[O-])cc21. The van der Waals surface area contributed by atoms with Gasteiger partial charge in [0.05, 0.1) is 15.4 Å². The molecule has 174 valence electrons. The molecule has 33 heavy (non-hydrogen) atoms. The molecule has 0 aliphatic carbocycles. The Morgan fingerprint density at radius 3 is 2.15 bits per heavy atom. The van der Waals surface area contributed by atoms with E-state index in [0.717, 1.165) is 19.3 Å². The second-order valence-electron chi connectivity index (χ2n) is 8.37. The molecule has 0 unspecified atom stereocenters. The number of aromatic nitrogens is 2. The Balaban J connectivity index is 1.79. The first-order valence-corrected chi connectivity index (χ1v) is 11.2. The molecule has 10 nitrogen and oxygen atoms in total. The zero-order valence-corrected chi connectivity index (χ0v) is 18.8. The molecule has 0 radical (unpaired) electrons. The summed E-state index contributed by atoms with van der Waals surface area (Å²) >= 11 is 0. The molecule has 0 saturated carbocycles. The fraction of sp³-hybridized carbons (Fsp3) is 0.435. The van der Waals surface area contributed by atoms with E-state index < -0.39 is 15.5 Å². The average molecular weight is 453 g/mol. The van der Waals surface area contributed by atoms with Crippen molar-refractivity contribution >= 4 is 28.1 Å². The Kier molecular flexibility index (Phi) is 6.17. The molecule has 1 saturated heterocycles. The molecule has 0 atom stereocenters. The summed E-state index contributed by atoms with van der Waals surface area (Å²) in [7, 11) is 0. The number of rotatable bonds is 7. The first-order valence-electron chi connectivity index (χ1n) is 11.2.